The molecule has 5 rings (SSSR count). The molecule has 1 aliphatic carbocycles. The fourth-order valence-corrected chi connectivity index (χ4v) is 4.44. The molecule has 6 nitrogen and oxygen atoms in total. The molecule has 2 bridgehead atoms. The number of piperidine rings is 1. The third-order valence-corrected chi connectivity index (χ3v) is 6.01. The molecular weight excluding hydrogens is 316 g/mol. The van der Waals surface area contributed by atoms with E-state index in [2.05, 4.69) is 33.8 Å². The van der Waals surface area contributed by atoms with Crippen LogP contribution in [-0.2, 0) is 17.8 Å². The van der Waals surface area contributed by atoms with Gasteiger partial charge in [-0.05, 0) is 37.5 Å². The first-order valence-electron chi connectivity index (χ1n) is 9.92. The largest absolute Gasteiger partial charge is 0.339 e. The summed E-state index contributed by atoms with van der Waals surface area (Å²) in [6.45, 7) is 7.76. The zero-order valence-electron chi connectivity index (χ0n) is 15.5. The topological polar surface area (TPSA) is 62.5 Å². The molecule has 0 spiro atoms. The second-order valence-electron chi connectivity index (χ2n) is 8.61. The summed E-state index contributed by atoms with van der Waals surface area (Å²) in [5, 5.41) is 4.15. The van der Waals surface area contributed by atoms with Gasteiger partial charge in [0, 0.05) is 32.1 Å². The highest BCUT2D eigenvalue weighted by atomic mass is 16.5. The van der Waals surface area contributed by atoms with Crippen molar-refractivity contribution in [2.45, 2.75) is 65.0 Å². The molecule has 4 aliphatic rings. The van der Waals surface area contributed by atoms with Gasteiger partial charge in [0.2, 0.25) is 11.8 Å². The number of aromatic nitrogens is 2. The van der Waals surface area contributed by atoms with Gasteiger partial charge in [-0.3, -0.25) is 9.69 Å². The lowest BCUT2D eigenvalue weighted by Gasteiger charge is -2.40. The van der Waals surface area contributed by atoms with E-state index >= 15 is 0 Å². The summed E-state index contributed by atoms with van der Waals surface area (Å²) in [5.74, 6) is 3.29. The van der Waals surface area contributed by atoms with Crippen LogP contribution in [0, 0.1) is 17.8 Å². The van der Waals surface area contributed by atoms with E-state index in [4.69, 9.17) is 4.52 Å². The lowest BCUT2D eigenvalue weighted by molar-refractivity contribution is -0.141. The predicted octanol–water partition coefficient (Wildman–Crippen LogP) is 2.49. The second kappa shape index (κ2) is 7.06. The molecule has 1 aromatic rings. The van der Waals surface area contributed by atoms with E-state index in [0.29, 0.717) is 24.4 Å². The molecule has 3 aliphatic heterocycles. The van der Waals surface area contributed by atoms with Crippen molar-refractivity contribution < 1.29 is 9.32 Å². The third-order valence-electron chi connectivity index (χ3n) is 6.01. The number of fused-ring (bicyclic) bond motifs is 4. The summed E-state index contributed by atoms with van der Waals surface area (Å²) in [4.78, 5) is 22.0. The van der Waals surface area contributed by atoms with Crippen LogP contribution >= 0.6 is 0 Å². The van der Waals surface area contributed by atoms with Crippen LogP contribution in [0.2, 0.25) is 0 Å². The standard InChI is InChI=1S/C19H30N4O2/c1-13(2)8-18-20-17(21-25-18)12-22-10-15-6-7-16(11-22)23(19(15)24)9-14-4-3-5-14/h13-16H,3-12H2,1-2H3/t15-,16+/m1/s1. The van der Waals surface area contributed by atoms with Crippen LogP contribution in [0.1, 0.15) is 57.7 Å². The van der Waals surface area contributed by atoms with Gasteiger partial charge >= 0.3 is 0 Å². The molecule has 3 saturated heterocycles. The summed E-state index contributed by atoms with van der Waals surface area (Å²) >= 11 is 0. The predicted molar refractivity (Wildman–Crippen MR) is 93.7 cm³/mol. The van der Waals surface area contributed by atoms with Gasteiger partial charge in [0.1, 0.15) is 0 Å². The Morgan fingerprint density at radius 2 is 2.04 bits per heavy atom. The average molecular weight is 346 g/mol. The van der Waals surface area contributed by atoms with Gasteiger partial charge in [-0.1, -0.05) is 25.4 Å². The van der Waals surface area contributed by atoms with Gasteiger partial charge in [0.05, 0.1) is 12.5 Å². The Bertz CT molecular complexity index is 610. The van der Waals surface area contributed by atoms with Crippen molar-refractivity contribution in [1.82, 2.24) is 19.9 Å². The molecule has 6 heteroatoms. The maximum absolute atomic E-state index is 12.9. The van der Waals surface area contributed by atoms with Gasteiger partial charge in [0.25, 0.3) is 0 Å². The minimum absolute atomic E-state index is 0.154. The van der Waals surface area contributed by atoms with E-state index < -0.39 is 0 Å². The first kappa shape index (κ1) is 17.0. The number of hydrogen-bond donors (Lipinski definition) is 0. The van der Waals surface area contributed by atoms with Gasteiger partial charge in [0.15, 0.2) is 5.82 Å². The summed E-state index contributed by atoms with van der Waals surface area (Å²) < 4.78 is 5.37. The van der Waals surface area contributed by atoms with Crippen molar-refractivity contribution in [1.29, 1.82) is 0 Å². The number of amides is 1. The fourth-order valence-electron chi connectivity index (χ4n) is 4.44. The highest BCUT2D eigenvalue weighted by Gasteiger charge is 2.41. The third kappa shape index (κ3) is 3.73. The summed E-state index contributed by atoms with van der Waals surface area (Å²) in [5.41, 5.74) is 0. The number of hydrogen-bond acceptors (Lipinski definition) is 5. The van der Waals surface area contributed by atoms with Gasteiger partial charge in [-0.25, -0.2) is 0 Å². The van der Waals surface area contributed by atoms with Gasteiger partial charge in [-0.15, -0.1) is 0 Å². The summed E-state index contributed by atoms with van der Waals surface area (Å²) in [6.07, 6.45) is 6.94. The van der Waals surface area contributed by atoms with Crippen molar-refractivity contribution in [3.05, 3.63) is 11.7 Å². The van der Waals surface area contributed by atoms with Crippen molar-refractivity contribution in [2.24, 2.45) is 17.8 Å². The average Bonchev–Trinajstić information content (AvgIpc) is 2.77. The molecule has 25 heavy (non-hydrogen) atoms. The highest BCUT2D eigenvalue weighted by Crippen LogP contribution is 2.34. The Morgan fingerprint density at radius 3 is 2.76 bits per heavy atom. The molecule has 0 aromatic carbocycles. The molecule has 1 saturated carbocycles. The number of rotatable bonds is 6. The molecule has 2 atom stereocenters. The van der Waals surface area contributed by atoms with Crippen LogP contribution in [0.25, 0.3) is 0 Å². The molecule has 4 heterocycles. The zero-order chi connectivity index (χ0) is 17.4. The number of carbonyl (C=O) groups excluding carboxylic acids is 1. The Balaban J connectivity index is 1.40. The van der Waals surface area contributed by atoms with E-state index in [1.54, 1.807) is 0 Å². The Morgan fingerprint density at radius 1 is 1.20 bits per heavy atom. The minimum atomic E-state index is 0.154. The second-order valence-corrected chi connectivity index (χ2v) is 8.61. The molecule has 0 N–H and O–H groups in total. The van der Waals surface area contributed by atoms with Crippen LogP contribution in [-0.4, -0.2) is 51.5 Å². The lowest BCUT2D eigenvalue weighted by atomic mass is 9.83. The normalized spacial score (nSPS) is 27.8. The number of nitrogens with zero attached hydrogens (tertiary/aromatic N) is 4. The Labute approximate surface area is 149 Å². The molecule has 1 amide bonds. The van der Waals surface area contributed by atoms with E-state index in [1.807, 2.05) is 0 Å². The Kier molecular flexibility index (Phi) is 4.80. The lowest BCUT2D eigenvalue weighted by Crippen LogP contribution is -2.50. The van der Waals surface area contributed by atoms with Crippen LogP contribution < -0.4 is 0 Å². The van der Waals surface area contributed by atoms with Gasteiger partial charge < -0.3 is 9.42 Å². The summed E-state index contributed by atoms with van der Waals surface area (Å²) in [6, 6.07) is 0.369. The van der Waals surface area contributed by atoms with E-state index in [0.717, 1.165) is 56.5 Å². The van der Waals surface area contributed by atoms with Crippen molar-refractivity contribution in [3.63, 3.8) is 0 Å². The van der Waals surface area contributed by atoms with Crippen LogP contribution in [0.3, 0.4) is 0 Å². The molecule has 0 radical (unpaired) electrons. The molecule has 138 valence electrons. The maximum Gasteiger partial charge on any atom is 0.227 e. The van der Waals surface area contributed by atoms with Gasteiger partial charge in [-0.2, -0.15) is 4.98 Å². The number of carbonyl (C=O) groups is 1. The Hall–Kier alpha value is -1.43. The first-order valence-corrected chi connectivity index (χ1v) is 9.92. The highest BCUT2D eigenvalue weighted by molar-refractivity contribution is 5.80. The van der Waals surface area contributed by atoms with Crippen molar-refractivity contribution >= 4 is 5.91 Å². The van der Waals surface area contributed by atoms with Crippen molar-refractivity contribution in [3.8, 4) is 0 Å². The summed E-state index contributed by atoms with van der Waals surface area (Å²) in [7, 11) is 0. The van der Waals surface area contributed by atoms with Crippen LogP contribution in [0.4, 0.5) is 0 Å². The monoisotopic (exact) mass is 346 g/mol. The SMILES string of the molecule is CC(C)Cc1nc(CN2C[C@H]3CC[C@@H](C2)N(CC2CCC2)C3=O)no1. The van der Waals surface area contributed by atoms with Crippen molar-refractivity contribution in [2.75, 3.05) is 19.6 Å². The first-order chi connectivity index (χ1) is 12.1. The van der Waals surface area contributed by atoms with E-state index in [9.17, 15) is 4.79 Å². The molecule has 0 unspecified atom stereocenters. The fraction of sp³-hybridized carbons (Fsp3) is 0.842. The maximum atomic E-state index is 12.9. The van der Waals surface area contributed by atoms with Crippen LogP contribution in [0.15, 0.2) is 4.52 Å². The molecule has 1 aromatic heterocycles. The zero-order valence-corrected chi connectivity index (χ0v) is 15.5. The minimum Gasteiger partial charge on any atom is -0.339 e. The molecule has 4 fully saturated rings. The van der Waals surface area contributed by atoms with E-state index in [1.165, 1.54) is 19.3 Å². The molecular formula is C19H30N4O2. The van der Waals surface area contributed by atoms with Crippen LogP contribution in [0.5, 0.6) is 0 Å². The smallest absolute Gasteiger partial charge is 0.227 e. The van der Waals surface area contributed by atoms with E-state index in [-0.39, 0.29) is 5.92 Å². The quantitative estimate of drug-likeness (QED) is 0.792.